The van der Waals surface area contributed by atoms with Crippen molar-refractivity contribution in [2.75, 3.05) is 0 Å². The van der Waals surface area contributed by atoms with Gasteiger partial charge in [0.05, 0.1) is 0 Å². The summed E-state index contributed by atoms with van der Waals surface area (Å²) in [5.41, 5.74) is 0.864. The van der Waals surface area contributed by atoms with E-state index in [2.05, 4.69) is 0 Å². The van der Waals surface area contributed by atoms with Crippen molar-refractivity contribution >= 4 is 5.78 Å². The number of carbonyl (C=O) groups excluding carboxylic acids is 1. The number of aliphatic hydroxyl groups excluding tert-OH is 1. The fourth-order valence-corrected chi connectivity index (χ4v) is 1.86. The number of hydrogen-bond donors (Lipinski definition) is 1. The fraction of sp³-hybridized carbons (Fsp3) is 0.750. The molecule has 1 aliphatic carbocycles. The van der Waals surface area contributed by atoms with Gasteiger partial charge in [-0.15, -0.1) is 0 Å². The summed E-state index contributed by atoms with van der Waals surface area (Å²) < 4.78 is 0. The van der Waals surface area contributed by atoms with Crippen LogP contribution in [0.4, 0.5) is 0 Å². The number of ketones is 1. The Hall–Kier alpha value is -0.630. The van der Waals surface area contributed by atoms with Crippen LogP contribution in [0.5, 0.6) is 0 Å². The lowest BCUT2D eigenvalue weighted by Crippen LogP contribution is -2.21. The predicted molar refractivity (Wildman–Crippen MR) is 57.1 cm³/mol. The van der Waals surface area contributed by atoms with Gasteiger partial charge in [0.15, 0.2) is 5.78 Å². The summed E-state index contributed by atoms with van der Waals surface area (Å²) in [6, 6.07) is 0. The fourth-order valence-electron chi connectivity index (χ4n) is 1.86. The first-order chi connectivity index (χ1) is 6.75. The first-order valence-corrected chi connectivity index (χ1v) is 5.67. The van der Waals surface area contributed by atoms with Crippen LogP contribution in [-0.4, -0.2) is 17.0 Å². The monoisotopic (exact) mass is 196 g/mol. The molecule has 0 saturated carbocycles. The van der Waals surface area contributed by atoms with E-state index in [0.29, 0.717) is 6.42 Å². The Bertz CT molecular complexity index is 218. The van der Waals surface area contributed by atoms with Crippen LogP contribution in [0.3, 0.4) is 0 Å². The van der Waals surface area contributed by atoms with E-state index in [9.17, 15) is 9.90 Å². The molecule has 14 heavy (non-hydrogen) atoms. The largest absolute Gasteiger partial charge is 0.385 e. The molecule has 1 unspecified atom stereocenters. The van der Waals surface area contributed by atoms with Gasteiger partial charge in [-0.05, 0) is 37.7 Å². The Morgan fingerprint density at radius 1 is 1.50 bits per heavy atom. The van der Waals surface area contributed by atoms with Gasteiger partial charge in [-0.2, -0.15) is 0 Å². The summed E-state index contributed by atoms with van der Waals surface area (Å²) in [6.45, 7) is 1.98. The number of hydrogen-bond acceptors (Lipinski definition) is 2. The number of rotatable bonds is 4. The summed E-state index contributed by atoms with van der Waals surface area (Å²) in [6.07, 6.45) is 8.06. The predicted octanol–water partition coefficient (Wildman–Crippen LogP) is 2.61. The molecule has 1 aliphatic rings. The van der Waals surface area contributed by atoms with E-state index < -0.39 is 6.10 Å². The molecular formula is C12H20O2. The van der Waals surface area contributed by atoms with Crippen molar-refractivity contribution < 1.29 is 9.90 Å². The lowest BCUT2D eigenvalue weighted by atomic mass is 9.99. The molecule has 0 aromatic heterocycles. The molecule has 0 spiro atoms. The molecule has 0 radical (unpaired) electrons. The van der Waals surface area contributed by atoms with Gasteiger partial charge in [0.25, 0.3) is 0 Å². The maximum atomic E-state index is 11.7. The van der Waals surface area contributed by atoms with E-state index in [1.807, 2.05) is 13.0 Å². The van der Waals surface area contributed by atoms with Gasteiger partial charge in [-0.1, -0.05) is 25.8 Å². The van der Waals surface area contributed by atoms with E-state index in [1.54, 1.807) is 0 Å². The first kappa shape index (κ1) is 11.4. The highest BCUT2D eigenvalue weighted by molar-refractivity contribution is 5.98. The summed E-state index contributed by atoms with van der Waals surface area (Å²) in [5.74, 6) is -0.0336. The molecule has 0 heterocycles. The lowest BCUT2D eigenvalue weighted by molar-refractivity contribution is -0.123. The zero-order valence-corrected chi connectivity index (χ0v) is 8.96. The molecule has 0 aromatic rings. The molecule has 80 valence electrons. The second-order valence-electron chi connectivity index (χ2n) is 4.00. The van der Waals surface area contributed by atoms with E-state index in [1.165, 1.54) is 12.8 Å². The van der Waals surface area contributed by atoms with Crippen LogP contribution in [-0.2, 0) is 4.79 Å². The Balaban J connectivity index is 2.53. The minimum absolute atomic E-state index is 0.0336. The van der Waals surface area contributed by atoms with Crippen molar-refractivity contribution in [3.63, 3.8) is 0 Å². The highest BCUT2D eigenvalue weighted by atomic mass is 16.3. The Morgan fingerprint density at radius 2 is 2.29 bits per heavy atom. The van der Waals surface area contributed by atoms with Gasteiger partial charge in [0.1, 0.15) is 6.10 Å². The Labute approximate surface area is 86.0 Å². The molecule has 1 N–H and O–H groups in total. The van der Waals surface area contributed by atoms with Crippen LogP contribution in [0, 0.1) is 0 Å². The van der Waals surface area contributed by atoms with Gasteiger partial charge in [0.2, 0.25) is 0 Å². The zero-order valence-electron chi connectivity index (χ0n) is 8.96. The van der Waals surface area contributed by atoms with Crippen LogP contribution < -0.4 is 0 Å². The topological polar surface area (TPSA) is 37.3 Å². The minimum atomic E-state index is -0.760. The second-order valence-corrected chi connectivity index (χ2v) is 4.00. The van der Waals surface area contributed by atoms with Crippen molar-refractivity contribution in [1.82, 2.24) is 0 Å². The van der Waals surface area contributed by atoms with Gasteiger partial charge < -0.3 is 5.11 Å². The molecule has 2 nitrogen and oxygen atoms in total. The smallest absolute Gasteiger partial charge is 0.186 e. The minimum Gasteiger partial charge on any atom is -0.385 e. The van der Waals surface area contributed by atoms with E-state index >= 15 is 0 Å². The molecule has 0 saturated heterocycles. The van der Waals surface area contributed by atoms with Crippen LogP contribution in [0.2, 0.25) is 0 Å². The van der Waals surface area contributed by atoms with Crippen LogP contribution >= 0.6 is 0 Å². The average molecular weight is 196 g/mol. The Morgan fingerprint density at radius 3 is 3.00 bits per heavy atom. The number of aliphatic hydroxyl groups is 1. The van der Waals surface area contributed by atoms with Crippen LogP contribution in [0.25, 0.3) is 0 Å². The molecule has 0 aliphatic heterocycles. The molecule has 1 atom stereocenters. The Kier molecular flexibility index (Phi) is 4.88. The summed E-state index contributed by atoms with van der Waals surface area (Å²) >= 11 is 0. The highest BCUT2D eigenvalue weighted by Gasteiger charge is 2.18. The lowest BCUT2D eigenvalue weighted by Gasteiger charge is -2.10. The maximum absolute atomic E-state index is 11.7. The molecule has 0 amide bonds. The van der Waals surface area contributed by atoms with Crippen LogP contribution in [0.15, 0.2) is 11.6 Å². The van der Waals surface area contributed by atoms with Crippen molar-refractivity contribution in [2.24, 2.45) is 0 Å². The zero-order chi connectivity index (χ0) is 10.4. The molecule has 0 bridgehead atoms. The van der Waals surface area contributed by atoms with Crippen molar-refractivity contribution in [1.29, 1.82) is 0 Å². The number of allylic oxidation sites excluding steroid dienone is 1. The standard InChI is InChI=1S/C12H20O2/c1-2-7-11(13)12(14)10-8-5-3-4-6-9-10/h8,11,13H,2-7,9H2,1H3. The highest BCUT2D eigenvalue weighted by Crippen LogP contribution is 2.19. The molecule has 1 rings (SSSR count). The van der Waals surface area contributed by atoms with Crippen molar-refractivity contribution in [3.05, 3.63) is 11.6 Å². The average Bonchev–Trinajstić information content (AvgIpc) is 2.45. The maximum Gasteiger partial charge on any atom is 0.186 e. The second kappa shape index (κ2) is 5.97. The van der Waals surface area contributed by atoms with Crippen molar-refractivity contribution in [3.8, 4) is 0 Å². The van der Waals surface area contributed by atoms with Crippen LogP contribution in [0.1, 0.15) is 51.9 Å². The molecule has 0 aromatic carbocycles. The number of Topliss-reactive ketones (excluding diaryl/α,β-unsaturated/α-hetero) is 1. The van der Waals surface area contributed by atoms with E-state index in [4.69, 9.17) is 0 Å². The molecule has 2 heteroatoms. The summed E-state index contributed by atoms with van der Waals surface area (Å²) in [7, 11) is 0. The van der Waals surface area contributed by atoms with Gasteiger partial charge in [0, 0.05) is 0 Å². The van der Waals surface area contributed by atoms with Gasteiger partial charge in [-0.25, -0.2) is 0 Å². The molecule has 0 fully saturated rings. The third-order valence-electron chi connectivity index (χ3n) is 2.72. The molecular weight excluding hydrogens is 176 g/mol. The van der Waals surface area contributed by atoms with Crippen molar-refractivity contribution in [2.45, 2.75) is 58.0 Å². The third-order valence-corrected chi connectivity index (χ3v) is 2.72. The van der Waals surface area contributed by atoms with E-state index in [0.717, 1.165) is 31.3 Å². The van der Waals surface area contributed by atoms with Gasteiger partial charge in [-0.3, -0.25) is 4.79 Å². The van der Waals surface area contributed by atoms with E-state index in [-0.39, 0.29) is 5.78 Å². The SMILES string of the molecule is CCCC(O)C(=O)C1=CCCCCC1. The first-order valence-electron chi connectivity index (χ1n) is 5.67. The quantitative estimate of drug-likeness (QED) is 0.750. The summed E-state index contributed by atoms with van der Waals surface area (Å²) in [4.78, 5) is 11.7. The summed E-state index contributed by atoms with van der Waals surface area (Å²) in [5, 5.41) is 9.57. The number of carbonyl (C=O) groups is 1. The normalized spacial score (nSPS) is 19.7. The van der Waals surface area contributed by atoms with Gasteiger partial charge >= 0.3 is 0 Å². The third kappa shape index (κ3) is 3.26.